The molecule has 1 fully saturated rings. The normalized spacial score (nSPS) is 28.2. The van der Waals surface area contributed by atoms with Gasteiger partial charge in [-0.15, -0.1) is 0 Å². The van der Waals surface area contributed by atoms with E-state index >= 15 is 0 Å². The highest BCUT2D eigenvalue weighted by molar-refractivity contribution is 7.48. The number of phosphoric ester groups is 1. The number of phosphoric acid groups is 1. The molecule has 1 atom stereocenters. The Morgan fingerprint density at radius 3 is 2.53 bits per heavy atom. The third-order valence-corrected chi connectivity index (χ3v) is 4.29. The lowest BCUT2D eigenvalue weighted by molar-refractivity contribution is 0.0355. The van der Waals surface area contributed by atoms with Crippen LogP contribution in [0.3, 0.4) is 0 Å². The van der Waals surface area contributed by atoms with E-state index in [0.717, 1.165) is 5.57 Å². The molecule has 1 aliphatic heterocycles. The Balaban J connectivity index is 2.96. The van der Waals surface area contributed by atoms with Crippen molar-refractivity contribution in [3.8, 4) is 0 Å². The molecule has 0 bridgehead atoms. The number of rotatable bonds is 5. The topological polar surface area (TPSA) is 44.8 Å². The fourth-order valence-corrected chi connectivity index (χ4v) is 2.95. The van der Waals surface area contributed by atoms with Crippen LogP contribution >= 0.6 is 7.82 Å². The predicted octanol–water partition coefficient (Wildman–Crippen LogP) is 4.53. The highest BCUT2D eigenvalue weighted by Crippen LogP contribution is 2.58. The Kier molecular flexibility index (Phi) is 5.36. The molecular formula is C14H21O4P. The lowest BCUT2D eigenvalue weighted by Gasteiger charge is -2.32. The lowest BCUT2D eigenvalue weighted by Crippen LogP contribution is -2.24. The van der Waals surface area contributed by atoms with Crippen molar-refractivity contribution in [2.75, 3.05) is 6.61 Å². The molecule has 4 nitrogen and oxygen atoms in total. The van der Waals surface area contributed by atoms with E-state index in [0.29, 0.717) is 12.2 Å². The Morgan fingerprint density at radius 2 is 2.00 bits per heavy atom. The molecule has 0 aromatic carbocycles. The second-order valence-electron chi connectivity index (χ2n) is 4.71. The van der Waals surface area contributed by atoms with Crippen LogP contribution in [0.1, 0.15) is 27.2 Å². The van der Waals surface area contributed by atoms with E-state index < -0.39 is 13.4 Å². The van der Waals surface area contributed by atoms with E-state index in [9.17, 15) is 4.57 Å². The van der Waals surface area contributed by atoms with Gasteiger partial charge in [-0.25, -0.2) is 4.57 Å². The second-order valence-corrected chi connectivity index (χ2v) is 6.23. The molecule has 0 spiro atoms. The van der Waals surface area contributed by atoms with Crippen LogP contribution in [0.4, 0.5) is 0 Å². The van der Waals surface area contributed by atoms with E-state index in [4.69, 9.17) is 13.6 Å². The molecule has 0 amide bonds. The van der Waals surface area contributed by atoms with Crippen LogP contribution in [0.15, 0.2) is 48.8 Å². The van der Waals surface area contributed by atoms with Gasteiger partial charge >= 0.3 is 7.82 Å². The highest BCUT2D eigenvalue weighted by Gasteiger charge is 2.40. The minimum Gasteiger partial charge on any atom is -0.404 e. The molecule has 1 heterocycles. The Bertz CT molecular complexity index is 460. The van der Waals surface area contributed by atoms with Crippen molar-refractivity contribution in [1.82, 2.24) is 0 Å². The zero-order valence-electron chi connectivity index (χ0n) is 11.7. The fraction of sp³-hybridized carbons (Fsp3) is 0.429. The Morgan fingerprint density at radius 1 is 1.37 bits per heavy atom. The molecule has 0 aromatic heterocycles. The van der Waals surface area contributed by atoms with Crippen LogP contribution in [-0.2, 0) is 18.1 Å². The van der Waals surface area contributed by atoms with Crippen LogP contribution in [0.25, 0.3) is 0 Å². The first-order valence-electron chi connectivity index (χ1n) is 6.15. The van der Waals surface area contributed by atoms with Gasteiger partial charge in [-0.1, -0.05) is 38.3 Å². The molecule has 0 radical (unpaired) electrons. The van der Waals surface area contributed by atoms with Crippen molar-refractivity contribution in [1.29, 1.82) is 0 Å². The van der Waals surface area contributed by atoms with Gasteiger partial charge in [-0.2, -0.15) is 0 Å². The predicted molar refractivity (Wildman–Crippen MR) is 76.7 cm³/mol. The summed E-state index contributed by atoms with van der Waals surface area (Å²) in [6, 6.07) is 0. The van der Waals surface area contributed by atoms with Crippen LogP contribution in [0.5, 0.6) is 0 Å². The summed E-state index contributed by atoms with van der Waals surface area (Å²) in [4.78, 5) is 0. The first-order chi connectivity index (χ1) is 8.86. The van der Waals surface area contributed by atoms with Crippen molar-refractivity contribution in [2.24, 2.45) is 0 Å². The standard InChI is InChI=1S/C14H21O4P/c1-6-9-12-11-16-19(15,17-13(12)10-7-2)18-14(4,5)8-3/h6-7,9-10H,1-2,8,11H2,3-5H3/b12-9-,13-10+. The minimum absolute atomic E-state index is 0.156. The van der Waals surface area contributed by atoms with E-state index in [1.807, 2.05) is 20.8 Å². The fourth-order valence-electron chi connectivity index (χ4n) is 1.35. The summed E-state index contributed by atoms with van der Waals surface area (Å²) in [6.07, 6.45) is 7.25. The monoisotopic (exact) mass is 284 g/mol. The summed E-state index contributed by atoms with van der Waals surface area (Å²) in [5.74, 6) is 0.441. The summed E-state index contributed by atoms with van der Waals surface area (Å²) in [7, 11) is -3.59. The summed E-state index contributed by atoms with van der Waals surface area (Å²) in [5, 5.41) is 0. The van der Waals surface area contributed by atoms with Gasteiger partial charge in [0.15, 0.2) is 0 Å². The molecule has 1 saturated heterocycles. The van der Waals surface area contributed by atoms with Gasteiger partial charge in [0, 0.05) is 5.57 Å². The SMILES string of the molecule is C=C/C=C1/COP(=O)(OC(C)(C)CC)O/C1=C/C=C. The summed E-state index contributed by atoms with van der Waals surface area (Å²) >= 11 is 0. The molecule has 0 N–H and O–H groups in total. The summed E-state index contributed by atoms with van der Waals surface area (Å²) in [6.45, 7) is 13.0. The van der Waals surface area contributed by atoms with Crippen LogP contribution in [0.2, 0.25) is 0 Å². The van der Waals surface area contributed by atoms with Gasteiger partial charge in [0.1, 0.15) is 5.76 Å². The largest absolute Gasteiger partial charge is 0.530 e. The van der Waals surface area contributed by atoms with Gasteiger partial charge in [-0.05, 0) is 26.3 Å². The Labute approximate surface area is 115 Å². The third-order valence-electron chi connectivity index (χ3n) is 2.70. The quantitative estimate of drug-likeness (QED) is 0.696. The van der Waals surface area contributed by atoms with Gasteiger partial charge in [0.05, 0.1) is 12.2 Å². The summed E-state index contributed by atoms with van der Waals surface area (Å²) < 4.78 is 28.6. The maximum atomic E-state index is 12.4. The number of hydrogen-bond donors (Lipinski definition) is 0. The summed E-state index contributed by atoms with van der Waals surface area (Å²) in [5.41, 5.74) is 0.174. The minimum atomic E-state index is -3.59. The van der Waals surface area contributed by atoms with E-state index in [-0.39, 0.29) is 6.61 Å². The average molecular weight is 284 g/mol. The molecular weight excluding hydrogens is 263 g/mol. The van der Waals surface area contributed by atoms with Crippen molar-refractivity contribution in [2.45, 2.75) is 32.8 Å². The number of hydrogen-bond acceptors (Lipinski definition) is 4. The van der Waals surface area contributed by atoms with Crippen LogP contribution in [-0.4, -0.2) is 12.2 Å². The second kappa shape index (κ2) is 6.38. The van der Waals surface area contributed by atoms with Crippen LogP contribution in [0, 0.1) is 0 Å². The molecule has 5 heteroatoms. The first-order valence-corrected chi connectivity index (χ1v) is 7.61. The molecule has 0 aromatic rings. The smallest absolute Gasteiger partial charge is 0.404 e. The van der Waals surface area contributed by atoms with Crippen molar-refractivity contribution in [3.05, 3.63) is 48.8 Å². The van der Waals surface area contributed by atoms with E-state index in [1.54, 1.807) is 24.3 Å². The highest BCUT2D eigenvalue weighted by atomic mass is 31.2. The molecule has 106 valence electrons. The first kappa shape index (κ1) is 16.0. The maximum Gasteiger partial charge on any atom is 0.530 e. The number of allylic oxidation sites excluding steroid dienone is 4. The van der Waals surface area contributed by atoms with Crippen molar-refractivity contribution in [3.63, 3.8) is 0 Å². The molecule has 0 aliphatic carbocycles. The van der Waals surface area contributed by atoms with Gasteiger partial charge in [0.25, 0.3) is 0 Å². The van der Waals surface area contributed by atoms with Gasteiger partial charge in [0.2, 0.25) is 0 Å². The van der Waals surface area contributed by atoms with Gasteiger partial charge < -0.3 is 4.52 Å². The third kappa shape index (κ3) is 4.50. The van der Waals surface area contributed by atoms with Crippen molar-refractivity contribution < 1.29 is 18.1 Å². The van der Waals surface area contributed by atoms with E-state index in [1.165, 1.54) is 0 Å². The average Bonchev–Trinajstić information content (AvgIpc) is 2.32. The van der Waals surface area contributed by atoms with E-state index in [2.05, 4.69) is 13.2 Å². The molecule has 19 heavy (non-hydrogen) atoms. The maximum absolute atomic E-state index is 12.4. The van der Waals surface area contributed by atoms with Gasteiger partial charge in [-0.3, -0.25) is 9.05 Å². The molecule has 1 aliphatic rings. The molecule has 0 saturated carbocycles. The zero-order valence-corrected chi connectivity index (χ0v) is 12.6. The Hall–Kier alpha value is -1.09. The zero-order chi connectivity index (χ0) is 14.5. The molecule has 1 rings (SSSR count). The lowest BCUT2D eigenvalue weighted by atomic mass is 10.1. The molecule has 1 unspecified atom stereocenters. The van der Waals surface area contributed by atoms with Crippen molar-refractivity contribution >= 4 is 7.82 Å². The van der Waals surface area contributed by atoms with Crippen LogP contribution < -0.4 is 0 Å².